The Morgan fingerprint density at radius 2 is 1.94 bits per heavy atom. The van der Waals surface area contributed by atoms with E-state index in [4.69, 9.17) is 5.73 Å². The second-order valence-electron chi connectivity index (χ2n) is 4.70. The van der Waals surface area contributed by atoms with Crippen LogP contribution in [0.1, 0.15) is 19.8 Å². The smallest absolute Gasteiger partial charge is 0.240 e. The molecule has 0 spiro atoms. The van der Waals surface area contributed by atoms with Gasteiger partial charge in [-0.3, -0.25) is 0 Å². The molecule has 0 saturated heterocycles. The minimum absolute atomic E-state index is 0.130. The van der Waals surface area contributed by atoms with Gasteiger partial charge in [0, 0.05) is 24.3 Å². The predicted molar refractivity (Wildman–Crippen MR) is 71.9 cm³/mol. The van der Waals surface area contributed by atoms with Gasteiger partial charge in [-0.05, 0) is 44.0 Å². The third-order valence-corrected chi connectivity index (χ3v) is 4.37. The Kier molecular flexibility index (Phi) is 3.89. The first kappa shape index (κ1) is 13.3. The van der Waals surface area contributed by atoms with Gasteiger partial charge in [0.2, 0.25) is 10.0 Å². The standard InChI is InChI=1S/C12H19N3O2S/c1-9(8-13)14-10-4-6-12(7-5-10)18(16,17)15-11-2-3-11/h4-7,9,11,14-15H,2-3,8,13H2,1H3. The molecule has 0 heterocycles. The van der Waals surface area contributed by atoms with E-state index >= 15 is 0 Å². The second kappa shape index (κ2) is 5.26. The molecule has 0 aliphatic heterocycles. The first-order valence-electron chi connectivity index (χ1n) is 6.10. The molecule has 6 heteroatoms. The molecule has 4 N–H and O–H groups in total. The summed E-state index contributed by atoms with van der Waals surface area (Å²) in [5, 5.41) is 3.18. The Labute approximate surface area is 108 Å². The van der Waals surface area contributed by atoms with Gasteiger partial charge in [-0.25, -0.2) is 13.1 Å². The summed E-state index contributed by atoms with van der Waals surface area (Å²) in [5.41, 5.74) is 6.39. The zero-order valence-corrected chi connectivity index (χ0v) is 11.2. The molecule has 0 aromatic heterocycles. The lowest BCUT2D eigenvalue weighted by atomic mass is 10.2. The molecule has 1 unspecified atom stereocenters. The van der Waals surface area contributed by atoms with Crippen LogP contribution in [0.3, 0.4) is 0 Å². The van der Waals surface area contributed by atoms with E-state index in [-0.39, 0.29) is 12.1 Å². The van der Waals surface area contributed by atoms with Gasteiger partial charge < -0.3 is 11.1 Å². The Bertz CT molecular complexity index is 495. The number of hydrogen-bond donors (Lipinski definition) is 3. The first-order valence-corrected chi connectivity index (χ1v) is 7.58. The molecular formula is C12H19N3O2S. The van der Waals surface area contributed by atoms with Crippen LogP contribution in [-0.2, 0) is 10.0 Å². The van der Waals surface area contributed by atoms with Crippen LogP contribution in [0.2, 0.25) is 0 Å². The lowest BCUT2D eigenvalue weighted by molar-refractivity contribution is 0.581. The van der Waals surface area contributed by atoms with Gasteiger partial charge in [0.1, 0.15) is 0 Å². The van der Waals surface area contributed by atoms with Crippen LogP contribution in [0.5, 0.6) is 0 Å². The van der Waals surface area contributed by atoms with Crippen molar-refractivity contribution in [1.82, 2.24) is 4.72 Å². The average molecular weight is 269 g/mol. The third kappa shape index (κ3) is 3.44. The predicted octanol–water partition coefficient (Wildman–Crippen LogP) is 0.886. The number of nitrogens with one attached hydrogen (secondary N) is 2. The van der Waals surface area contributed by atoms with E-state index in [0.29, 0.717) is 11.4 Å². The van der Waals surface area contributed by atoms with Gasteiger partial charge in [-0.15, -0.1) is 0 Å². The fraction of sp³-hybridized carbons (Fsp3) is 0.500. The summed E-state index contributed by atoms with van der Waals surface area (Å²) in [7, 11) is -3.35. The molecule has 1 saturated carbocycles. The average Bonchev–Trinajstić information content (AvgIpc) is 3.13. The molecule has 0 bridgehead atoms. The quantitative estimate of drug-likeness (QED) is 0.716. The van der Waals surface area contributed by atoms with Crippen LogP contribution in [0.15, 0.2) is 29.2 Å². The maximum absolute atomic E-state index is 11.9. The zero-order chi connectivity index (χ0) is 13.2. The Balaban J connectivity index is 2.06. The summed E-state index contributed by atoms with van der Waals surface area (Å²) >= 11 is 0. The van der Waals surface area contributed by atoms with Crippen molar-refractivity contribution in [3.8, 4) is 0 Å². The number of rotatable bonds is 6. The Morgan fingerprint density at radius 1 is 1.33 bits per heavy atom. The fourth-order valence-electron chi connectivity index (χ4n) is 1.56. The highest BCUT2D eigenvalue weighted by Gasteiger charge is 2.27. The van der Waals surface area contributed by atoms with Crippen molar-refractivity contribution in [3.05, 3.63) is 24.3 Å². The molecule has 1 aromatic rings. The van der Waals surface area contributed by atoms with E-state index in [0.717, 1.165) is 18.5 Å². The molecule has 1 aromatic carbocycles. The Hall–Kier alpha value is -1.11. The summed E-state index contributed by atoms with van der Waals surface area (Å²) in [6.07, 6.45) is 1.87. The molecular weight excluding hydrogens is 250 g/mol. The summed E-state index contributed by atoms with van der Waals surface area (Å²) in [6, 6.07) is 7.02. The van der Waals surface area contributed by atoms with Crippen LogP contribution in [-0.4, -0.2) is 27.0 Å². The van der Waals surface area contributed by atoms with Gasteiger partial charge in [0.05, 0.1) is 4.90 Å². The van der Waals surface area contributed by atoms with Gasteiger partial charge in [-0.1, -0.05) is 0 Å². The van der Waals surface area contributed by atoms with Crippen molar-refractivity contribution in [2.24, 2.45) is 5.73 Å². The molecule has 1 atom stereocenters. The van der Waals surface area contributed by atoms with Crippen molar-refractivity contribution in [3.63, 3.8) is 0 Å². The minimum Gasteiger partial charge on any atom is -0.381 e. The molecule has 5 nitrogen and oxygen atoms in total. The van der Waals surface area contributed by atoms with E-state index in [1.54, 1.807) is 24.3 Å². The lowest BCUT2D eigenvalue weighted by Gasteiger charge is -2.13. The fourth-order valence-corrected chi connectivity index (χ4v) is 2.87. The third-order valence-electron chi connectivity index (χ3n) is 2.83. The van der Waals surface area contributed by atoms with Crippen molar-refractivity contribution >= 4 is 15.7 Å². The van der Waals surface area contributed by atoms with Gasteiger partial charge in [-0.2, -0.15) is 0 Å². The monoisotopic (exact) mass is 269 g/mol. The molecule has 100 valence electrons. The molecule has 2 rings (SSSR count). The van der Waals surface area contributed by atoms with Crippen molar-refractivity contribution in [2.75, 3.05) is 11.9 Å². The molecule has 0 amide bonds. The molecule has 18 heavy (non-hydrogen) atoms. The van der Waals surface area contributed by atoms with Crippen LogP contribution in [0, 0.1) is 0 Å². The highest BCUT2D eigenvalue weighted by Crippen LogP contribution is 2.22. The van der Waals surface area contributed by atoms with Crippen molar-refractivity contribution in [1.29, 1.82) is 0 Å². The second-order valence-corrected chi connectivity index (χ2v) is 6.42. The Morgan fingerprint density at radius 3 is 2.44 bits per heavy atom. The summed E-state index contributed by atoms with van der Waals surface area (Å²) in [5.74, 6) is 0. The number of benzene rings is 1. The molecule has 1 aliphatic rings. The van der Waals surface area contributed by atoms with Crippen LogP contribution in [0.4, 0.5) is 5.69 Å². The maximum atomic E-state index is 11.9. The summed E-state index contributed by atoms with van der Waals surface area (Å²) in [6.45, 7) is 2.50. The van der Waals surface area contributed by atoms with E-state index in [1.165, 1.54) is 0 Å². The highest BCUT2D eigenvalue weighted by atomic mass is 32.2. The summed E-state index contributed by atoms with van der Waals surface area (Å²) < 4.78 is 26.5. The van der Waals surface area contributed by atoms with E-state index < -0.39 is 10.0 Å². The number of anilines is 1. The van der Waals surface area contributed by atoms with Crippen molar-refractivity contribution < 1.29 is 8.42 Å². The number of hydrogen-bond acceptors (Lipinski definition) is 4. The van der Waals surface area contributed by atoms with Crippen LogP contribution < -0.4 is 15.8 Å². The molecule has 1 fully saturated rings. The van der Waals surface area contributed by atoms with Crippen LogP contribution >= 0.6 is 0 Å². The summed E-state index contributed by atoms with van der Waals surface area (Å²) in [4.78, 5) is 0.306. The lowest BCUT2D eigenvalue weighted by Crippen LogP contribution is -2.26. The van der Waals surface area contributed by atoms with Crippen LogP contribution in [0.25, 0.3) is 0 Å². The first-order chi connectivity index (χ1) is 8.51. The van der Waals surface area contributed by atoms with Gasteiger partial charge in [0.15, 0.2) is 0 Å². The van der Waals surface area contributed by atoms with E-state index in [2.05, 4.69) is 10.0 Å². The highest BCUT2D eigenvalue weighted by molar-refractivity contribution is 7.89. The normalized spacial score (nSPS) is 17.4. The van der Waals surface area contributed by atoms with E-state index in [9.17, 15) is 8.42 Å². The minimum atomic E-state index is -3.35. The van der Waals surface area contributed by atoms with Gasteiger partial charge in [0.25, 0.3) is 0 Å². The van der Waals surface area contributed by atoms with Crippen molar-refractivity contribution in [2.45, 2.75) is 36.7 Å². The molecule has 1 aliphatic carbocycles. The molecule has 0 radical (unpaired) electrons. The number of nitrogens with two attached hydrogens (primary N) is 1. The number of sulfonamides is 1. The van der Waals surface area contributed by atoms with E-state index in [1.807, 2.05) is 6.92 Å². The largest absolute Gasteiger partial charge is 0.381 e. The van der Waals surface area contributed by atoms with Gasteiger partial charge >= 0.3 is 0 Å². The SMILES string of the molecule is CC(CN)Nc1ccc(S(=O)(=O)NC2CC2)cc1. The topological polar surface area (TPSA) is 84.2 Å². The zero-order valence-electron chi connectivity index (χ0n) is 10.4. The maximum Gasteiger partial charge on any atom is 0.240 e.